The second-order valence-electron chi connectivity index (χ2n) is 5.21. The Labute approximate surface area is 139 Å². The Morgan fingerprint density at radius 2 is 1.92 bits per heavy atom. The SMILES string of the molecule is CNC(=O)COC(=O)CNC(=O)c1ccc(N2CCCC2=O)cc1. The minimum absolute atomic E-state index is 0.0751. The Kier molecular flexibility index (Phi) is 5.89. The minimum atomic E-state index is -0.703. The predicted octanol–water partition coefficient (Wildman–Crippen LogP) is -0.168. The fourth-order valence-electron chi connectivity index (χ4n) is 2.24. The Balaban J connectivity index is 1.83. The summed E-state index contributed by atoms with van der Waals surface area (Å²) in [4.78, 5) is 47.6. The van der Waals surface area contributed by atoms with E-state index in [0.29, 0.717) is 18.5 Å². The average Bonchev–Trinajstić information content (AvgIpc) is 3.03. The molecule has 0 atom stereocenters. The number of carbonyl (C=O) groups excluding carboxylic acids is 4. The molecule has 0 radical (unpaired) electrons. The van der Waals surface area contributed by atoms with Crippen molar-refractivity contribution in [3.63, 3.8) is 0 Å². The summed E-state index contributed by atoms with van der Waals surface area (Å²) in [6.45, 7) is -0.0342. The van der Waals surface area contributed by atoms with E-state index in [2.05, 4.69) is 15.4 Å². The summed E-state index contributed by atoms with van der Waals surface area (Å²) < 4.78 is 4.67. The monoisotopic (exact) mass is 333 g/mol. The van der Waals surface area contributed by atoms with Crippen LogP contribution in [0.2, 0.25) is 0 Å². The summed E-state index contributed by atoms with van der Waals surface area (Å²) in [7, 11) is 1.43. The normalized spacial score (nSPS) is 13.5. The van der Waals surface area contributed by atoms with Crippen LogP contribution < -0.4 is 15.5 Å². The summed E-state index contributed by atoms with van der Waals surface area (Å²) in [6.07, 6.45) is 1.37. The number of nitrogens with zero attached hydrogens (tertiary/aromatic N) is 1. The van der Waals surface area contributed by atoms with Crippen molar-refractivity contribution in [3.8, 4) is 0 Å². The molecule has 0 spiro atoms. The fraction of sp³-hybridized carbons (Fsp3) is 0.375. The van der Waals surface area contributed by atoms with Crippen LogP contribution in [-0.4, -0.2) is 50.4 Å². The van der Waals surface area contributed by atoms with Gasteiger partial charge in [0.25, 0.3) is 11.8 Å². The molecule has 24 heavy (non-hydrogen) atoms. The molecule has 1 heterocycles. The second-order valence-corrected chi connectivity index (χ2v) is 5.21. The number of nitrogens with one attached hydrogen (secondary N) is 2. The second kappa shape index (κ2) is 8.09. The molecule has 0 bridgehead atoms. The van der Waals surface area contributed by atoms with Crippen LogP contribution >= 0.6 is 0 Å². The van der Waals surface area contributed by atoms with E-state index >= 15 is 0 Å². The van der Waals surface area contributed by atoms with E-state index in [4.69, 9.17) is 0 Å². The van der Waals surface area contributed by atoms with Gasteiger partial charge in [-0.25, -0.2) is 0 Å². The number of hydrogen-bond acceptors (Lipinski definition) is 5. The first-order valence-electron chi connectivity index (χ1n) is 7.56. The summed E-state index contributed by atoms with van der Waals surface area (Å²) >= 11 is 0. The topological polar surface area (TPSA) is 105 Å². The van der Waals surface area contributed by atoms with Gasteiger partial charge >= 0.3 is 5.97 Å². The summed E-state index contributed by atoms with van der Waals surface area (Å²) in [5.41, 5.74) is 1.11. The molecule has 1 saturated heterocycles. The zero-order valence-electron chi connectivity index (χ0n) is 13.3. The van der Waals surface area contributed by atoms with Gasteiger partial charge in [-0.3, -0.25) is 19.2 Å². The first-order chi connectivity index (χ1) is 11.5. The van der Waals surface area contributed by atoms with Gasteiger partial charge in [0.15, 0.2) is 6.61 Å². The van der Waals surface area contributed by atoms with Crippen LogP contribution in [0.15, 0.2) is 24.3 Å². The van der Waals surface area contributed by atoms with Crippen molar-refractivity contribution in [1.82, 2.24) is 10.6 Å². The maximum atomic E-state index is 12.0. The van der Waals surface area contributed by atoms with E-state index in [1.54, 1.807) is 29.2 Å². The molecule has 0 aromatic heterocycles. The lowest BCUT2D eigenvalue weighted by Crippen LogP contribution is -2.33. The number of ether oxygens (including phenoxy) is 1. The third-order valence-electron chi connectivity index (χ3n) is 3.55. The van der Waals surface area contributed by atoms with Crippen molar-refractivity contribution in [2.75, 3.05) is 31.6 Å². The summed E-state index contributed by atoms with van der Waals surface area (Å²) in [5, 5.41) is 4.72. The van der Waals surface area contributed by atoms with Gasteiger partial charge in [0, 0.05) is 31.3 Å². The van der Waals surface area contributed by atoms with Crippen LogP contribution in [0.3, 0.4) is 0 Å². The zero-order valence-corrected chi connectivity index (χ0v) is 13.3. The molecule has 128 valence electrons. The van der Waals surface area contributed by atoms with Crippen molar-refractivity contribution >= 4 is 29.4 Å². The van der Waals surface area contributed by atoms with Gasteiger partial charge in [-0.2, -0.15) is 0 Å². The maximum Gasteiger partial charge on any atom is 0.325 e. The van der Waals surface area contributed by atoms with Crippen LogP contribution in [0, 0.1) is 0 Å². The molecule has 0 saturated carbocycles. The Bertz CT molecular complexity index is 642. The minimum Gasteiger partial charge on any atom is -0.454 e. The molecule has 2 N–H and O–H groups in total. The molecule has 1 fully saturated rings. The average molecular weight is 333 g/mol. The van der Waals surface area contributed by atoms with Gasteiger partial charge in [0.05, 0.1) is 0 Å². The number of likely N-dealkylation sites (N-methyl/N-ethyl adjacent to an activating group) is 1. The third kappa shape index (κ3) is 4.55. The van der Waals surface area contributed by atoms with Gasteiger partial charge < -0.3 is 20.3 Å². The van der Waals surface area contributed by atoms with E-state index in [1.165, 1.54) is 7.05 Å². The summed E-state index contributed by atoms with van der Waals surface area (Å²) in [5.74, 6) is -1.50. The van der Waals surface area contributed by atoms with Crippen molar-refractivity contribution < 1.29 is 23.9 Å². The van der Waals surface area contributed by atoms with Gasteiger partial charge in [0.2, 0.25) is 5.91 Å². The van der Waals surface area contributed by atoms with Crippen molar-refractivity contribution in [2.24, 2.45) is 0 Å². The van der Waals surface area contributed by atoms with Crippen LogP contribution in [0.1, 0.15) is 23.2 Å². The zero-order chi connectivity index (χ0) is 17.5. The van der Waals surface area contributed by atoms with E-state index < -0.39 is 17.8 Å². The van der Waals surface area contributed by atoms with Crippen LogP contribution in [0.5, 0.6) is 0 Å². The van der Waals surface area contributed by atoms with E-state index in [9.17, 15) is 19.2 Å². The van der Waals surface area contributed by atoms with Crippen molar-refractivity contribution in [2.45, 2.75) is 12.8 Å². The molecule has 0 unspecified atom stereocenters. The fourth-order valence-corrected chi connectivity index (χ4v) is 2.24. The Morgan fingerprint density at radius 3 is 2.50 bits per heavy atom. The van der Waals surface area contributed by atoms with Gasteiger partial charge in [-0.15, -0.1) is 0 Å². The number of hydrogen-bond donors (Lipinski definition) is 2. The standard InChI is InChI=1S/C16H19N3O5/c1-17-13(20)10-24-15(22)9-18-16(23)11-4-6-12(7-5-11)19-8-2-3-14(19)21/h4-7H,2-3,8-10H2,1H3,(H,17,20)(H,18,23). The smallest absolute Gasteiger partial charge is 0.325 e. The highest BCUT2D eigenvalue weighted by atomic mass is 16.5. The number of esters is 1. The van der Waals surface area contributed by atoms with Gasteiger partial charge in [-0.05, 0) is 30.7 Å². The summed E-state index contributed by atoms with van der Waals surface area (Å²) in [6, 6.07) is 6.57. The van der Waals surface area contributed by atoms with Crippen LogP contribution in [-0.2, 0) is 19.1 Å². The Hall–Kier alpha value is -2.90. The van der Waals surface area contributed by atoms with E-state index in [0.717, 1.165) is 12.1 Å². The molecule has 8 nitrogen and oxygen atoms in total. The van der Waals surface area contributed by atoms with Crippen molar-refractivity contribution in [1.29, 1.82) is 0 Å². The number of rotatable bonds is 6. The molecule has 1 aliphatic heterocycles. The molecule has 3 amide bonds. The molecule has 1 aromatic carbocycles. The lowest BCUT2D eigenvalue weighted by Gasteiger charge is -2.15. The maximum absolute atomic E-state index is 12.0. The number of amides is 3. The van der Waals surface area contributed by atoms with E-state index in [1.807, 2.05) is 0 Å². The van der Waals surface area contributed by atoms with Crippen LogP contribution in [0.4, 0.5) is 5.69 Å². The van der Waals surface area contributed by atoms with Crippen molar-refractivity contribution in [3.05, 3.63) is 29.8 Å². The molecule has 0 aliphatic carbocycles. The first kappa shape index (κ1) is 17.5. The highest BCUT2D eigenvalue weighted by molar-refractivity contribution is 5.98. The Morgan fingerprint density at radius 1 is 1.21 bits per heavy atom. The lowest BCUT2D eigenvalue weighted by atomic mass is 10.2. The number of benzene rings is 1. The lowest BCUT2D eigenvalue weighted by molar-refractivity contribution is -0.147. The molecule has 1 aliphatic rings. The van der Waals surface area contributed by atoms with Crippen LogP contribution in [0.25, 0.3) is 0 Å². The highest BCUT2D eigenvalue weighted by Gasteiger charge is 2.21. The largest absolute Gasteiger partial charge is 0.454 e. The number of carbonyl (C=O) groups is 4. The highest BCUT2D eigenvalue weighted by Crippen LogP contribution is 2.21. The third-order valence-corrected chi connectivity index (χ3v) is 3.55. The molecule has 8 heteroatoms. The first-order valence-corrected chi connectivity index (χ1v) is 7.56. The van der Waals surface area contributed by atoms with Gasteiger partial charge in [0.1, 0.15) is 6.54 Å². The molecular weight excluding hydrogens is 314 g/mol. The quantitative estimate of drug-likeness (QED) is 0.704. The molecule has 1 aromatic rings. The molecular formula is C16H19N3O5. The van der Waals surface area contributed by atoms with E-state index in [-0.39, 0.29) is 19.1 Å². The van der Waals surface area contributed by atoms with Gasteiger partial charge in [-0.1, -0.05) is 0 Å². The predicted molar refractivity (Wildman–Crippen MR) is 85.4 cm³/mol. The molecule has 2 rings (SSSR count). The number of anilines is 1.